The molecule has 0 amide bonds. The van der Waals surface area contributed by atoms with Crippen LogP contribution in [0.15, 0.2) is 36.5 Å². The van der Waals surface area contributed by atoms with Gasteiger partial charge in [-0.15, -0.1) is 13.2 Å². The Morgan fingerprint density at radius 2 is 1.95 bits per heavy atom. The first kappa shape index (κ1) is 15.1. The first-order valence-electron chi connectivity index (χ1n) is 5.52. The molecule has 1 aromatic carbocycles. The Balaban J connectivity index is 2.52. The lowest BCUT2D eigenvalue weighted by Crippen LogP contribution is -2.17. The number of pyridine rings is 1. The number of carbonyl (C=O) groups is 1. The van der Waals surface area contributed by atoms with Gasteiger partial charge in [-0.1, -0.05) is 29.8 Å². The third-order valence-electron chi connectivity index (χ3n) is 2.49. The van der Waals surface area contributed by atoms with Crippen LogP contribution in [0.2, 0.25) is 5.15 Å². The van der Waals surface area contributed by atoms with Gasteiger partial charge < -0.3 is 9.84 Å². The van der Waals surface area contributed by atoms with Crippen LogP contribution in [0.1, 0.15) is 10.4 Å². The Labute approximate surface area is 121 Å². The highest BCUT2D eigenvalue weighted by molar-refractivity contribution is 6.32. The molecule has 0 fully saturated rings. The van der Waals surface area contributed by atoms with Crippen LogP contribution in [0.4, 0.5) is 13.2 Å². The molecular formula is C13H7ClF3NO3. The van der Waals surface area contributed by atoms with E-state index in [0.717, 1.165) is 12.1 Å². The summed E-state index contributed by atoms with van der Waals surface area (Å²) >= 11 is 5.62. The number of halogens is 4. The van der Waals surface area contributed by atoms with Gasteiger partial charge in [0.25, 0.3) is 0 Å². The van der Waals surface area contributed by atoms with E-state index in [4.69, 9.17) is 16.7 Å². The number of hydrogen-bond donors (Lipinski definition) is 1. The molecule has 1 aromatic heterocycles. The maximum absolute atomic E-state index is 12.4. The number of carboxylic acid groups (broad SMARTS) is 1. The predicted octanol–water partition coefficient (Wildman–Crippen LogP) is 4.00. The lowest BCUT2D eigenvalue weighted by molar-refractivity contribution is -0.274. The van der Waals surface area contributed by atoms with Gasteiger partial charge in [0.2, 0.25) is 0 Å². The fourth-order valence-corrected chi connectivity index (χ4v) is 1.85. The number of alkyl halides is 3. The molecule has 0 aliphatic rings. The molecule has 110 valence electrons. The van der Waals surface area contributed by atoms with Crippen molar-refractivity contribution in [3.63, 3.8) is 0 Å². The molecule has 0 atom stereocenters. The molecule has 0 radical (unpaired) electrons. The molecule has 0 unspecified atom stereocenters. The van der Waals surface area contributed by atoms with Crippen molar-refractivity contribution >= 4 is 17.6 Å². The molecule has 0 aliphatic carbocycles. The number of aromatic nitrogens is 1. The van der Waals surface area contributed by atoms with Gasteiger partial charge in [-0.3, -0.25) is 0 Å². The van der Waals surface area contributed by atoms with Crippen molar-refractivity contribution in [1.29, 1.82) is 0 Å². The van der Waals surface area contributed by atoms with E-state index in [9.17, 15) is 18.0 Å². The zero-order valence-corrected chi connectivity index (χ0v) is 10.9. The number of nitrogens with zero attached hydrogens (tertiary/aromatic N) is 1. The van der Waals surface area contributed by atoms with Crippen LogP contribution in [0.3, 0.4) is 0 Å². The minimum Gasteiger partial charge on any atom is -0.478 e. The summed E-state index contributed by atoms with van der Waals surface area (Å²) in [5.74, 6) is -1.78. The summed E-state index contributed by atoms with van der Waals surface area (Å²) in [7, 11) is 0. The van der Waals surface area contributed by atoms with Crippen molar-refractivity contribution in [3.05, 3.63) is 47.2 Å². The molecular weight excluding hydrogens is 311 g/mol. The molecule has 2 rings (SSSR count). The van der Waals surface area contributed by atoms with E-state index >= 15 is 0 Å². The van der Waals surface area contributed by atoms with Gasteiger partial charge >= 0.3 is 12.3 Å². The SMILES string of the molecule is O=C(O)c1cc(-c2ccccc2OC(F)(F)F)cnc1Cl. The summed E-state index contributed by atoms with van der Waals surface area (Å²) in [5.41, 5.74) is -0.103. The zero-order chi connectivity index (χ0) is 15.6. The highest BCUT2D eigenvalue weighted by Gasteiger charge is 2.32. The van der Waals surface area contributed by atoms with E-state index < -0.39 is 18.1 Å². The first-order valence-corrected chi connectivity index (χ1v) is 5.90. The smallest absolute Gasteiger partial charge is 0.478 e. The Morgan fingerprint density at radius 3 is 2.57 bits per heavy atom. The topological polar surface area (TPSA) is 59.4 Å². The molecule has 0 bridgehead atoms. The number of aromatic carboxylic acids is 1. The largest absolute Gasteiger partial charge is 0.573 e. The van der Waals surface area contributed by atoms with Crippen LogP contribution in [-0.4, -0.2) is 22.4 Å². The quantitative estimate of drug-likeness (QED) is 0.869. The summed E-state index contributed by atoms with van der Waals surface area (Å²) in [6, 6.07) is 6.48. The lowest BCUT2D eigenvalue weighted by atomic mass is 10.1. The fourth-order valence-electron chi connectivity index (χ4n) is 1.66. The molecule has 2 aromatic rings. The molecule has 1 heterocycles. The van der Waals surface area contributed by atoms with Crippen molar-refractivity contribution in [2.24, 2.45) is 0 Å². The Morgan fingerprint density at radius 1 is 1.29 bits per heavy atom. The molecule has 0 aliphatic heterocycles. The maximum atomic E-state index is 12.4. The number of ether oxygens (including phenoxy) is 1. The fraction of sp³-hybridized carbons (Fsp3) is 0.0769. The lowest BCUT2D eigenvalue weighted by Gasteiger charge is -2.13. The Bertz CT molecular complexity index is 689. The third kappa shape index (κ3) is 3.63. The molecule has 1 N–H and O–H groups in total. The first-order chi connectivity index (χ1) is 9.78. The highest BCUT2D eigenvalue weighted by Crippen LogP contribution is 2.34. The highest BCUT2D eigenvalue weighted by atomic mass is 35.5. The van der Waals surface area contributed by atoms with Gasteiger partial charge in [0.1, 0.15) is 10.9 Å². The van der Waals surface area contributed by atoms with Crippen LogP contribution in [0, 0.1) is 0 Å². The van der Waals surface area contributed by atoms with Crippen molar-refractivity contribution in [2.45, 2.75) is 6.36 Å². The van der Waals surface area contributed by atoms with Gasteiger partial charge in [-0.05, 0) is 12.1 Å². The minimum atomic E-state index is -4.86. The molecule has 0 saturated heterocycles. The van der Waals surface area contributed by atoms with Gasteiger partial charge in [0.05, 0.1) is 5.56 Å². The van der Waals surface area contributed by atoms with E-state index in [0.29, 0.717) is 0 Å². The molecule has 8 heteroatoms. The number of rotatable bonds is 3. The summed E-state index contributed by atoms with van der Waals surface area (Å²) in [6.07, 6.45) is -3.68. The van der Waals surface area contributed by atoms with Crippen LogP contribution < -0.4 is 4.74 Å². The van der Waals surface area contributed by atoms with E-state index in [2.05, 4.69) is 9.72 Å². The van der Waals surface area contributed by atoms with Crippen LogP contribution in [0.5, 0.6) is 5.75 Å². The predicted molar refractivity (Wildman–Crippen MR) is 68.3 cm³/mol. The van der Waals surface area contributed by atoms with Gasteiger partial charge in [0, 0.05) is 17.3 Å². The van der Waals surface area contributed by atoms with Crippen molar-refractivity contribution < 1.29 is 27.8 Å². The Hall–Kier alpha value is -2.28. The number of carboxylic acids is 1. The summed E-state index contributed by atoms with van der Waals surface area (Å²) in [6.45, 7) is 0. The minimum absolute atomic E-state index is 0.0569. The normalized spacial score (nSPS) is 11.2. The number of benzene rings is 1. The number of para-hydroxylation sites is 1. The van der Waals surface area contributed by atoms with E-state index in [-0.39, 0.29) is 21.8 Å². The van der Waals surface area contributed by atoms with Crippen molar-refractivity contribution in [1.82, 2.24) is 4.98 Å². The molecule has 4 nitrogen and oxygen atoms in total. The van der Waals surface area contributed by atoms with Crippen molar-refractivity contribution in [3.8, 4) is 16.9 Å². The maximum Gasteiger partial charge on any atom is 0.573 e. The average molecular weight is 318 g/mol. The second kappa shape index (κ2) is 5.61. The monoisotopic (exact) mass is 317 g/mol. The summed E-state index contributed by atoms with van der Waals surface area (Å²) in [4.78, 5) is 14.6. The van der Waals surface area contributed by atoms with E-state index in [1.54, 1.807) is 0 Å². The third-order valence-corrected chi connectivity index (χ3v) is 2.79. The van der Waals surface area contributed by atoms with Gasteiger partial charge in [-0.2, -0.15) is 0 Å². The van der Waals surface area contributed by atoms with Crippen molar-refractivity contribution in [2.75, 3.05) is 0 Å². The summed E-state index contributed by atoms with van der Waals surface area (Å²) < 4.78 is 41.0. The van der Waals surface area contributed by atoms with Gasteiger partial charge in [-0.25, -0.2) is 9.78 Å². The van der Waals surface area contributed by atoms with Crippen LogP contribution >= 0.6 is 11.6 Å². The molecule has 0 saturated carbocycles. The standard InChI is InChI=1S/C13H7ClF3NO3/c14-11-9(12(19)20)5-7(6-18-11)8-3-1-2-4-10(8)21-13(15,16)17/h1-6H,(H,19,20). The summed E-state index contributed by atoms with van der Waals surface area (Å²) in [5, 5.41) is 8.71. The van der Waals surface area contributed by atoms with E-state index in [1.165, 1.54) is 24.4 Å². The number of hydrogen-bond acceptors (Lipinski definition) is 3. The second-order valence-electron chi connectivity index (χ2n) is 3.91. The Kier molecular flexibility index (Phi) is 4.04. The van der Waals surface area contributed by atoms with E-state index in [1.807, 2.05) is 0 Å². The molecule has 21 heavy (non-hydrogen) atoms. The second-order valence-corrected chi connectivity index (χ2v) is 4.27. The molecule has 0 spiro atoms. The zero-order valence-electron chi connectivity index (χ0n) is 10.2. The average Bonchev–Trinajstić information content (AvgIpc) is 2.38. The van der Waals surface area contributed by atoms with Crippen LogP contribution in [-0.2, 0) is 0 Å². The van der Waals surface area contributed by atoms with Crippen LogP contribution in [0.25, 0.3) is 11.1 Å². The van der Waals surface area contributed by atoms with Gasteiger partial charge in [0.15, 0.2) is 0 Å².